The Hall–Kier alpha value is -0.570. The minimum Gasteiger partial charge on any atom is -0.465 e. The van der Waals surface area contributed by atoms with Crippen LogP contribution >= 0.6 is 0 Å². The van der Waals surface area contributed by atoms with E-state index in [2.05, 4.69) is 12.2 Å². The van der Waals surface area contributed by atoms with Crippen LogP contribution in [0.3, 0.4) is 0 Å². The summed E-state index contributed by atoms with van der Waals surface area (Å²) in [5.74, 6) is -0.152. The second-order valence-electron chi connectivity index (χ2n) is 3.52. The summed E-state index contributed by atoms with van der Waals surface area (Å²) < 4.78 is 4.99. The Morgan fingerprint density at radius 2 is 1.79 bits per heavy atom. The van der Waals surface area contributed by atoms with Crippen molar-refractivity contribution in [3.8, 4) is 0 Å². The first kappa shape index (κ1) is 13.4. The zero-order valence-corrected chi connectivity index (χ0v) is 9.47. The molecule has 0 saturated carbocycles. The van der Waals surface area contributed by atoms with Crippen molar-refractivity contribution in [2.75, 3.05) is 20.2 Å². The van der Waals surface area contributed by atoms with Gasteiger partial charge in [-0.25, -0.2) is 0 Å². The van der Waals surface area contributed by atoms with Gasteiger partial charge < -0.3 is 10.1 Å². The molecule has 0 unspecified atom stereocenters. The lowest BCUT2D eigenvalue weighted by Crippen LogP contribution is -2.21. The van der Waals surface area contributed by atoms with E-state index in [-0.39, 0.29) is 5.97 Å². The van der Waals surface area contributed by atoms with Gasteiger partial charge in [0, 0.05) is 0 Å². The smallest absolute Gasteiger partial charge is 0.319 e. The molecule has 14 heavy (non-hydrogen) atoms. The van der Waals surface area contributed by atoms with Gasteiger partial charge in [-0.15, -0.1) is 0 Å². The molecule has 0 aliphatic heterocycles. The second-order valence-corrected chi connectivity index (χ2v) is 3.52. The molecule has 0 rings (SSSR count). The van der Waals surface area contributed by atoms with E-state index < -0.39 is 0 Å². The molecule has 84 valence electrons. The topological polar surface area (TPSA) is 38.3 Å². The van der Waals surface area contributed by atoms with Crippen LogP contribution in [0.2, 0.25) is 0 Å². The maximum Gasteiger partial charge on any atom is 0.319 e. The lowest BCUT2D eigenvalue weighted by atomic mass is 10.1. The highest BCUT2D eigenvalue weighted by molar-refractivity contribution is 5.71. The number of esters is 1. The van der Waals surface area contributed by atoms with Crippen molar-refractivity contribution in [3.63, 3.8) is 0 Å². The molecule has 0 aromatic heterocycles. The molecule has 0 aliphatic rings. The number of rotatable bonds is 9. The van der Waals surface area contributed by atoms with Crippen LogP contribution in [-0.2, 0) is 9.53 Å². The lowest BCUT2D eigenvalue weighted by molar-refractivity contribution is -0.142. The van der Waals surface area contributed by atoms with Gasteiger partial charge >= 0.3 is 5.97 Å². The van der Waals surface area contributed by atoms with Gasteiger partial charge in [-0.05, 0) is 13.5 Å². The summed E-state index contributed by atoms with van der Waals surface area (Å²) in [4.78, 5) is 10.9. The molecule has 0 bridgehead atoms. The Balaban J connectivity index is 3.01. The summed E-state index contributed by atoms with van der Waals surface area (Å²) in [6.07, 6.45) is 7.33. The molecule has 0 saturated heterocycles. The highest BCUT2D eigenvalue weighted by atomic mass is 16.5. The number of nitrogens with one attached hydrogen (secondary N) is 1. The molecule has 0 fully saturated rings. The van der Waals surface area contributed by atoms with Crippen LogP contribution in [0.1, 0.15) is 45.4 Å². The largest absolute Gasteiger partial charge is 0.465 e. The van der Waals surface area contributed by atoms with Crippen LogP contribution in [0.4, 0.5) is 0 Å². The van der Waals surface area contributed by atoms with Gasteiger partial charge in [0.25, 0.3) is 0 Å². The average molecular weight is 201 g/mol. The van der Waals surface area contributed by atoms with Crippen molar-refractivity contribution < 1.29 is 9.53 Å². The summed E-state index contributed by atoms with van der Waals surface area (Å²) in [6.45, 7) is 3.10. The van der Waals surface area contributed by atoms with Crippen LogP contribution in [-0.4, -0.2) is 26.2 Å². The first-order valence-corrected chi connectivity index (χ1v) is 5.61. The summed E-state index contributed by atoms with van der Waals surface area (Å²) in [7, 11) is 1.74. The van der Waals surface area contributed by atoms with Crippen LogP contribution < -0.4 is 5.32 Å². The molecule has 0 amide bonds. The van der Waals surface area contributed by atoms with E-state index in [1.54, 1.807) is 7.05 Å². The fourth-order valence-electron chi connectivity index (χ4n) is 1.26. The van der Waals surface area contributed by atoms with E-state index in [4.69, 9.17) is 4.74 Å². The van der Waals surface area contributed by atoms with E-state index >= 15 is 0 Å². The van der Waals surface area contributed by atoms with Gasteiger partial charge in [-0.2, -0.15) is 0 Å². The molecule has 0 aromatic rings. The maximum atomic E-state index is 10.9. The molecule has 0 radical (unpaired) electrons. The first-order chi connectivity index (χ1) is 6.81. The SMILES string of the molecule is CCCCCCCCOC(=O)CNC. The molecule has 3 heteroatoms. The Bertz CT molecular complexity index is 137. The molecular weight excluding hydrogens is 178 g/mol. The number of unbranched alkanes of at least 4 members (excludes halogenated alkanes) is 5. The van der Waals surface area contributed by atoms with Crippen LogP contribution in [0.15, 0.2) is 0 Å². The molecule has 0 heterocycles. The monoisotopic (exact) mass is 201 g/mol. The van der Waals surface area contributed by atoms with Crippen LogP contribution in [0, 0.1) is 0 Å². The highest BCUT2D eigenvalue weighted by Gasteiger charge is 1.98. The molecule has 3 nitrogen and oxygen atoms in total. The number of carbonyl (C=O) groups is 1. The number of hydrogen-bond acceptors (Lipinski definition) is 3. The summed E-state index contributed by atoms with van der Waals surface area (Å²) in [6, 6.07) is 0. The quantitative estimate of drug-likeness (QED) is 0.458. The Labute approximate surface area is 87.2 Å². The van der Waals surface area contributed by atoms with Gasteiger partial charge in [0.05, 0.1) is 13.2 Å². The zero-order valence-electron chi connectivity index (χ0n) is 9.47. The fourth-order valence-corrected chi connectivity index (χ4v) is 1.26. The molecule has 1 N–H and O–H groups in total. The Kier molecular flexibility index (Phi) is 10.1. The molecule has 0 atom stereocenters. The third kappa shape index (κ3) is 9.52. The minimum absolute atomic E-state index is 0.152. The normalized spacial score (nSPS) is 10.1. The molecule has 0 aromatic carbocycles. The van der Waals surface area contributed by atoms with Crippen molar-refractivity contribution >= 4 is 5.97 Å². The first-order valence-electron chi connectivity index (χ1n) is 5.61. The van der Waals surface area contributed by atoms with E-state index in [0.29, 0.717) is 13.2 Å². The van der Waals surface area contributed by atoms with Crippen molar-refractivity contribution in [2.45, 2.75) is 45.4 Å². The van der Waals surface area contributed by atoms with Crippen LogP contribution in [0.5, 0.6) is 0 Å². The third-order valence-corrected chi connectivity index (χ3v) is 2.08. The molecule has 0 aliphatic carbocycles. The second kappa shape index (κ2) is 10.5. The van der Waals surface area contributed by atoms with Gasteiger partial charge in [-0.1, -0.05) is 39.0 Å². The van der Waals surface area contributed by atoms with Gasteiger partial charge in [-0.3, -0.25) is 4.79 Å². The van der Waals surface area contributed by atoms with Gasteiger partial charge in [0.1, 0.15) is 0 Å². The van der Waals surface area contributed by atoms with Crippen LogP contribution in [0.25, 0.3) is 0 Å². The van der Waals surface area contributed by atoms with E-state index in [1.807, 2.05) is 0 Å². The Morgan fingerprint density at radius 1 is 1.14 bits per heavy atom. The summed E-state index contributed by atoms with van der Waals surface area (Å²) >= 11 is 0. The summed E-state index contributed by atoms with van der Waals surface area (Å²) in [5, 5.41) is 2.76. The van der Waals surface area contributed by atoms with Gasteiger partial charge in [0.2, 0.25) is 0 Å². The number of likely N-dealkylation sites (N-methyl/N-ethyl adjacent to an activating group) is 1. The molecule has 0 spiro atoms. The molecular formula is C11H23NO2. The number of ether oxygens (including phenoxy) is 1. The fraction of sp³-hybridized carbons (Fsp3) is 0.909. The average Bonchev–Trinajstić information content (AvgIpc) is 2.17. The summed E-state index contributed by atoms with van der Waals surface area (Å²) in [5.41, 5.74) is 0. The zero-order chi connectivity index (χ0) is 10.6. The third-order valence-electron chi connectivity index (χ3n) is 2.08. The minimum atomic E-state index is -0.152. The van der Waals surface area contributed by atoms with E-state index in [0.717, 1.165) is 6.42 Å². The predicted molar refractivity (Wildman–Crippen MR) is 58.3 cm³/mol. The van der Waals surface area contributed by atoms with Crippen molar-refractivity contribution in [1.82, 2.24) is 5.32 Å². The van der Waals surface area contributed by atoms with Crippen molar-refractivity contribution in [1.29, 1.82) is 0 Å². The van der Waals surface area contributed by atoms with Gasteiger partial charge in [0.15, 0.2) is 0 Å². The van der Waals surface area contributed by atoms with Crippen molar-refractivity contribution in [3.05, 3.63) is 0 Å². The van der Waals surface area contributed by atoms with Crippen molar-refractivity contribution in [2.24, 2.45) is 0 Å². The highest BCUT2D eigenvalue weighted by Crippen LogP contribution is 2.04. The Morgan fingerprint density at radius 3 is 2.43 bits per heavy atom. The number of carbonyl (C=O) groups excluding carboxylic acids is 1. The number of hydrogen-bond donors (Lipinski definition) is 1. The predicted octanol–water partition coefficient (Wildman–Crippen LogP) is 2.11. The van der Waals surface area contributed by atoms with E-state index in [9.17, 15) is 4.79 Å². The maximum absolute atomic E-state index is 10.9. The standard InChI is InChI=1S/C11H23NO2/c1-3-4-5-6-7-8-9-14-11(13)10-12-2/h12H,3-10H2,1-2H3. The van der Waals surface area contributed by atoms with E-state index in [1.165, 1.54) is 32.1 Å². The lowest BCUT2D eigenvalue weighted by Gasteiger charge is -2.03.